The average Bonchev–Trinajstić information content (AvgIpc) is 3.49. The maximum Gasteiger partial charge on any atom is 0.411 e. The van der Waals surface area contributed by atoms with Gasteiger partial charge in [0.2, 0.25) is 11.8 Å². The predicted octanol–water partition coefficient (Wildman–Crippen LogP) is 5.44. The summed E-state index contributed by atoms with van der Waals surface area (Å²) in [7, 11) is -2.54. The number of halogens is 2. The number of carboxylic acid groups (broad SMARTS) is 1. The van der Waals surface area contributed by atoms with Crippen LogP contribution < -0.4 is 16.0 Å². The lowest BCUT2D eigenvalue weighted by molar-refractivity contribution is -0.133. The minimum atomic E-state index is -3.86. The fraction of sp³-hybridized carbons (Fsp3) is 0.344. The third-order valence-corrected chi connectivity index (χ3v) is 10.3. The zero-order chi connectivity index (χ0) is 33.2. The smallest absolute Gasteiger partial charge is 0.411 e. The van der Waals surface area contributed by atoms with Crippen molar-refractivity contribution in [2.24, 2.45) is 5.73 Å². The van der Waals surface area contributed by atoms with Gasteiger partial charge in [-0.05, 0) is 92.3 Å². The van der Waals surface area contributed by atoms with Gasteiger partial charge in [-0.2, -0.15) is 0 Å². The van der Waals surface area contributed by atoms with E-state index in [0.717, 1.165) is 11.0 Å². The number of sulfone groups is 1. The van der Waals surface area contributed by atoms with Gasteiger partial charge in [-0.3, -0.25) is 14.5 Å². The second kappa shape index (κ2) is 13.2. The van der Waals surface area contributed by atoms with Gasteiger partial charge in [0.1, 0.15) is 17.7 Å². The fourth-order valence-electron chi connectivity index (χ4n) is 5.43. The van der Waals surface area contributed by atoms with E-state index in [9.17, 15) is 32.3 Å². The molecule has 0 radical (unpaired) electrons. The van der Waals surface area contributed by atoms with Gasteiger partial charge in [0, 0.05) is 24.8 Å². The van der Waals surface area contributed by atoms with Gasteiger partial charge in [0.25, 0.3) is 0 Å². The van der Waals surface area contributed by atoms with Crippen LogP contribution in [0.15, 0.2) is 59.5 Å². The highest BCUT2D eigenvalue weighted by Gasteiger charge is 2.38. The Bertz CT molecular complexity index is 1750. The molecule has 0 bridgehead atoms. The number of benzene rings is 3. The van der Waals surface area contributed by atoms with E-state index in [1.165, 1.54) is 74.3 Å². The van der Waals surface area contributed by atoms with E-state index in [0.29, 0.717) is 30.4 Å². The summed E-state index contributed by atoms with van der Waals surface area (Å²) < 4.78 is 56.5. The molecule has 3 aromatic rings. The van der Waals surface area contributed by atoms with Gasteiger partial charge in [0.05, 0.1) is 21.9 Å². The first kappa shape index (κ1) is 33.4. The lowest BCUT2D eigenvalue weighted by Crippen LogP contribution is -2.38. The van der Waals surface area contributed by atoms with E-state index in [4.69, 9.17) is 5.73 Å². The Morgan fingerprint density at radius 3 is 2.38 bits per heavy atom. The molecule has 1 fully saturated rings. The van der Waals surface area contributed by atoms with Gasteiger partial charge in [-0.25, -0.2) is 22.0 Å². The van der Waals surface area contributed by atoms with Crippen LogP contribution in [0.25, 0.3) is 0 Å². The highest BCUT2D eigenvalue weighted by molar-refractivity contribution is 7.92. The van der Waals surface area contributed by atoms with E-state index in [1.54, 1.807) is 6.92 Å². The molecule has 45 heavy (non-hydrogen) atoms. The van der Waals surface area contributed by atoms with Crippen LogP contribution in [0.5, 0.6) is 0 Å². The third-order valence-electron chi connectivity index (χ3n) is 8.07. The summed E-state index contributed by atoms with van der Waals surface area (Å²) in [6.07, 6.45) is -0.0710. The van der Waals surface area contributed by atoms with Crippen molar-refractivity contribution in [2.45, 2.75) is 62.3 Å². The Labute approximate surface area is 260 Å². The Balaban J connectivity index is 1.86. The summed E-state index contributed by atoms with van der Waals surface area (Å²) in [5.41, 5.74) is 6.33. The molecule has 0 saturated carbocycles. The molecule has 0 aliphatic carbocycles. The third kappa shape index (κ3) is 6.77. The molecule has 1 aliphatic heterocycles. The van der Waals surface area contributed by atoms with E-state index in [1.807, 2.05) is 0 Å². The molecule has 0 spiro atoms. The van der Waals surface area contributed by atoms with E-state index >= 15 is 4.39 Å². The average molecular weight is 643 g/mol. The first-order chi connectivity index (χ1) is 21.2. The van der Waals surface area contributed by atoms with Crippen molar-refractivity contribution in [3.05, 3.63) is 88.5 Å². The van der Waals surface area contributed by atoms with Crippen molar-refractivity contribution < 1.29 is 36.7 Å². The molecular weight excluding hydrogens is 606 g/mol. The minimum absolute atomic E-state index is 0.000371. The summed E-state index contributed by atoms with van der Waals surface area (Å²) in [5.74, 6) is -2.60. The summed E-state index contributed by atoms with van der Waals surface area (Å²) >= 11 is 0. The number of anilines is 2. The quantitative estimate of drug-likeness (QED) is 0.267. The van der Waals surface area contributed by atoms with Crippen molar-refractivity contribution in [2.75, 3.05) is 23.8 Å². The topological polar surface area (TPSA) is 150 Å². The highest BCUT2D eigenvalue weighted by Crippen LogP contribution is 2.40. The number of carbonyl (C=O) groups is 3. The maximum absolute atomic E-state index is 15.0. The number of carbonyl (C=O) groups excluding carboxylic acids is 2. The molecule has 4 rings (SSSR count). The number of amides is 3. The van der Waals surface area contributed by atoms with Gasteiger partial charge in [-0.1, -0.05) is 19.1 Å². The number of nitrogens with zero attached hydrogens (tertiary/aromatic N) is 2. The van der Waals surface area contributed by atoms with E-state index < -0.39 is 56.7 Å². The minimum Gasteiger partial charge on any atom is -0.465 e. The van der Waals surface area contributed by atoms with Crippen LogP contribution in [0.1, 0.15) is 72.7 Å². The molecule has 13 heteroatoms. The van der Waals surface area contributed by atoms with Crippen LogP contribution in [-0.4, -0.2) is 55.2 Å². The number of hydrogen-bond donors (Lipinski definition) is 3. The van der Waals surface area contributed by atoms with Crippen LogP contribution in [0.3, 0.4) is 0 Å². The lowest BCUT2D eigenvalue weighted by atomic mass is 9.98. The van der Waals surface area contributed by atoms with Crippen LogP contribution in [0.4, 0.5) is 25.0 Å². The number of nitrogens with two attached hydrogens (primary N) is 1. The largest absolute Gasteiger partial charge is 0.465 e. The molecule has 4 N–H and O–H groups in total. The zero-order valence-corrected chi connectivity index (χ0v) is 26.2. The molecular formula is C32H36F2N4O6S. The number of likely N-dealkylation sites (tertiary alicyclic amines) is 1. The Hall–Kier alpha value is -4.52. The molecule has 0 aromatic heterocycles. The zero-order valence-electron chi connectivity index (χ0n) is 25.4. The van der Waals surface area contributed by atoms with Crippen molar-refractivity contribution in [1.82, 2.24) is 4.90 Å². The molecule has 1 heterocycles. The Morgan fingerprint density at radius 2 is 1.76 bits per heavy atom. The summed E-state index contributed by atoms with van der Waals surface area (Å²) in [5, 5.41) is 11.7. The Kier molecular flexibility index (Phi) is 9.81. The monoisotopic (exact) mass is 642 g/mol. The summed E-state index contributed by atoms with van der Waals surface area (Å²) in [4.78, 5) is 40.4. The standard InChI is InChI=1S/C32H36F2N4O6S/c1-5-19-15-20(8-11-24(19)33)29(36-26-16-21(30(35)39)9-12-25(26)34)31(40)38-14-6-7-27(38)23-17-22(37(4)32(41)42)10-13-28(23)45(43,44)18(2)3/h8-13,15-18,27,29,36H,5-7,14H2,1-4H3,(H2,35,39)(H,41,42)/t27-,29+/m1/s1. The van der Waals surface area contributed by atoms with Gasteiger partial charge in [0.15, 0.2) is 9.84 Å². The molecule has 1 aliphatic rings. The van der Waals surface area contributed by atoms with Crippen molar-refractivity contribution in [3.63, 3.8) is 0 Å². The van der Waals surface area contributed by atoms with Gasteiger partial charge in [-0.15, -0.1) is 0 Å². The SMILES string of the molecule is CCc1cc([C@H](Nc2cc(C(N)=O)ccc2F)C(=O)N2CCC[C@@H]2c2cc(N(C)C(=O)O)ccc2S(=O)(=O)C(C)C)ccc1F. The van der Waals surface area contributed by atoms with E-state index in [2.05, 4.69) is 5.32 Å². The Morgan fingerprint density at radius 1 is 1.07 bits per heavy atom. The van der Waals surface area contributed by atoms with Gasteiger partial charge >= 0.3 is 6.09 Å². The summed E-state index contributed by atoms with van der Waals surface area (Å²) in [6, 6.07) is 9.72. The highest BCUT2D eigenvalue weighted by atomic mass is 32.2. The normalized spacial score (nSPS) is 15.6. The first-order valence-electron chi connectivity index (χ1n) is 14.5. The maximum atomic E-state index is 15.0. The molecule has 0 unspecified atom stereocenters. The second-order valence-corrected chi connectivity index (χ2v) is 13.7. The molecule has 3 amide bonds. The first-order valence-corrected chi connectivity index (χ1v) is 16.0. The van der Waals surface area contributed by atoms with Crippen LogP contribution in [-0.2, 0) is 21.1 Å². The molecule has 240 valence electrons. The fourth-order valence-corrected chi connectivity index (χ4v) is 6.71. The molecule has 10 nitrogen and oxygen atoms in total. The second-order valence-electron chi connectivity index (χ2n) is 11.2. The van der Waals surface area contributed by atoms with Crippen molar-refractivity contribution in [1.29, 1.82) is 0 Å². The lowest BCUT2D eigenvalue weighted by Gasteiger charge is -2.32. The van der Waals surface area contributed by atoms with Gasteiger partial charge < -0.3 is 21.1 Å². The van der Waals surface area contributed by atoms with Crippen LogP contribution >= 0.6 is 0 Å². The number of rotatable bonds is 10. The number of aryl methyl sites for hydroxylation is 1. The molecule has 2 atom stereocenters. The number of primary amides is 1. The van der Waals surface area contributed by atoms with E-state index in [-0.39, 0.29) is 33.9 Å². The summed E-state index contributed by atoms with van der Waals surface area (Å²) in [6.45, 7) is 5.02. The molecule has 3 aromatic carbocycles. The van der Waals surface area contributed by atoms with Crippen molar-refractivity contribution in [3.8, 4) is 0 Å². The number of nitrogens with one attached hydrogen (secondary N) is 1. The number of hydrogen-bond acceptors (Lipinski definition) is 6. The molecule has 1 saturated heterocycles. The van der Waals surface area contributed by atoms with Crippen molar-refractivity contribution >= 4 is 39.1 Å². The van der Waals surface area contributed by atoms with Crippen LogP contribution in [0.2, 0.25) is 0 Å². The predicted molar refractivity (Wildman–Crippen MR) is 166 cm³/mol. The van der Waals surface area contributed by atoms with Crippen LogP contribution in [0, 0.1) is 11.6 Å².